The monoisotopic (exact) mass is 326 g/mol. The number of rotatable bonds is 3. The molecule has 0 N–H and O–H groups in total. The molecule has 0 aliphatic heterocycles. The van der Waals surface area contributed by atoms with E-state index in [-0.39, 0.29) is 11.6 Å². The molecule has 0 aliphatic rings. The van der Waals surface area contributed by atoms with E-state index in [1.807, 2.05) is 6.07 Å². The van der Waals surface area contributed by atoms with Gasteiger partial charge in [-0.25, -0.2) is 4.39 Å². The highest BCUT2D eigenvalue weighted by molar-refractivity contribution is 9.10. The van der Waals surface area contributed by atoms with E-state index in [1.54, 1.807) is 18.2 Å². The third-order valence-electron chi connectivity index (χ3n) is 2.53. The minimum Gasteiger partial charge on any atom is -0.292 e. The molecule has 1 unspecified atom stereocenters. The van der Waals surface area contributed by atoms with Gasteiger partial charge >= 0.3 is 0 Å². The van der Waals surface area contributed by atoms with Gasteiger partial charge in [0.1, 0.15) is 11.2 Å². The van der Waals surface area contributed by atoms with Crippen molar-refractivity contribution in [2.45, 2.75) is 5.38 Å². The predicted molar refractivity (Wildman–Crippen MR) is 73.5 cm³/mol. The molecule has 0 radical (unpaired) electrons. The predicted octanol–water partition coefficient (Wildman–Crippen LogP) is 4.75. The number of carbonyl (C=O) groups excluding carboxylic acids is 1. The third-order valence-corrected chi connectivity index (χ3v) is 3.67. The zero-order valence-corrected chi connectivity index (χ0v) is 11.6. The number of halogens is 3. The maximum Gasteiger partial charge on any atom is 0.186 e. The Labute approximate surface area is 118 Å². The van der Waals surface area contributed by atoms with E-state index >= 15 is 0 Å². The third kappa shape index (κ3) is 2.79. The minimum absolute atomic E-state index is 0.212. The summed E-state index contributed by atoms with van der Waals surface area (Å²) in [5.41, 5.74) is 1.10. The van der Waals surface area contributed by atoms with Crippen molar-refractivity contribution >= 4 is 33.3 Å². The zero-order chi connectivity index (χ0) is 13.1. The Morgan fingerprint density at radius 3 is 2.33 bits per heavy atom. The summed E-state index contributed by atoms with van der Waals surface area (Å²) in [6, 6.07) is 12.7. The Morgan fingerprint density at radius 1 is 1.11 bits per heavy atom. The fraction of sp³-hybridized carbons (Fsp3) is 0.0714. The van der Waals surface area contributed by atoms with Gasteiger partial charge < -0.3 is 0 Å². The summed E-state index contributed by atoms with van der Waals surface area (Å²) in [7, 11) is 0. The molecule has 2 aromatic rings. The summed E-state index contributed by atoms with van der Waals surface area (Å²) >= 11 is 9.43. The lowest BCUT2D eigenvalue weighted by Crippen LogP contribution is -2.08. The molecule has 0 heterocycles. The number of hydrogen-bond donors (Lipinski definition) is 0. The van der Waals surface area contributed by atoms with Gasteiger partial charge in [-0.2, -0.15) is 0 Å². The average Bonchev–Trinajstić information content (AvgIpc) is 2.38. The molecule has 2 rings (SSSR count). The number of benzene rings is 2. The number of hydrogen-bond acceptors (Lipinski definition) is 1. The summed E-state index contributed by atoms with van der Waals surface area (Å²) in [4.78, 5) is 12.2. The van der Waals surface area contributed by atoms with Crippen LogP contribution in [-0.2, 0) is 0 Å². The van der Waals surface area contributed by atoms with Gasteiger partial charge in [-0.15, -0.1) is 11.6 Å². The van der Waals surface area contributed by atoms with Crippen molar-refractivity contribution in [3.05, 3.63) is 69.9 Å². The lowest BCUT2D eigenvalue weighted by atomic mass is 10.0. The molecule has 2 aromatic carbocycles. The summed E-state index contributed by atoms with van der Waals surface area (Å²) in [6.45, 7) is 0. The van der Waals surface area contributed by atoms with Crippen LogP contribution in [0.1, 0.15) is 21.3 Å². The molecule has 1 atom stereocenters. The lowest BCUT2D eigenvalue weighted by molar-refractivity contribution is 0.0986. The molecule has 0 aliphatic carbocycles. The SMILES string of the molecule is O=C(c1ccccc1Br)C(Cl)c1ccc(F)cc1. The van der Waals surface area contributed by atoms with Gasteiger partial charge in [-0.1, -0.05) is 46.3 Å². The van der Waals surface area contributed by atoms with Gasteiger partial charge in [0, 0.05) is 10.0 Å². The molecule has 0 spiro atoms. The molecule has 92 valence electrons. The van der Waals surface area contributed by atoms with Crippen LogP contribution in [-0.4, -0.2) is 5.78 Å². The van der Waals surface area contributed by atoms with Gasteiger partial charge in [0.25, 0.3) is 0 Å². The molecule has 18 heavy (non-hydrogen) atoms. The molecular weight excluding hydrogens is 319 g/mol. The first-order chi connectivity index (χ1) is 8.59. The first kappa shape index (κ1) is 13.2. The van der Waals surface area contributed by atoms with Gasteiger partial charge in [0.05, 0.1) is 0 Å². The van der Waals surface area contributed by atoms with Crippen LogP contribution >= 0.6 is 27.5 Å². The lowest BCUT2D eigenvalue weighted by Gasteiger charge is -2.10. The number of Topliss-reactive ketones (excluding diaryl/α,β-unsaturated/α-hetero) is 1. The van der Waals surface area contributed by atoms with E-state index in [0.717, 1.165) is 0 Å². The van der Waals surface area contributed by atoms with Crippen LogP contribution in [0.4, 0.5) is 4.39 Å². The first-order valence-corrected chi connectivity index (χ1v) is 6.51. The van der Waals surface area contributed by atoms with E-state index in [1.165, 1.54) is 24.3 Å². The van der Waals surface area contributed by atoms with Gasteiger partial charge in [-0.3, -0.25) is 4.79 Å². The summed E-state index contributed by atoms with van der Waals surface area (Å²) in [6.07, 6.45) is 0. The van der Waals surface area contributed by atoms with E-state index < -0.39 is 5.38 Å². The van der Waals surface area contributed by atoms with Crippen LogP contribution in [0.15, 0.2) is 53.0 Å². The van der Waals surface area contributed by atoms with Gasteiger partial charge in [-0.05, 0) is 23.8 Å². The van der Waals surface area contributed by atoms with Crippen LogP contribution in [0.25, 0.3) is 0 Å². The molecule has 0 saturated heterocycles. The smallest absolute Gasteiger partial charge is 0.186 e. The normalized spacial score (nSPS) is 12.2. The topological polar surface area (TPSA) is 17.1 Å². The first-order valence-electron chi connectivity index (χ1n) is 5.28. The van der Waals surface area contributed by atoms with Crippen molar-refractivity contribution < 1.29 is 9.18 Å². The Kier molecular flexibility index (Phi) is 4.15. The molecule has 0 saturated carbocycles. The highest BCUT2D eigenvalue weighted by atomic mass is 79.9. The fourth-order valence-electron chi connectivity index (χ4n) is 1.58. The van der Waals surface area contributed by atoms with Crippen LogP contribution in [0.3, 0.4) is 0 Å². The van der Waals surface area contributed by atoms with E-state index in [2.05, 4.69) is 15.9 Å². The summed E-state index contributed by atoms with van der Waals surface area (Å²) in [5.74, 6) is -0.563. The number of ketones is 1. The van der Waals surface area contributed by atoms with E-state index in [4.69, 9.17) is 11.6 Å². The van der Waals surface area contributed by atoms with Crippen LogP contribution in [0.5, 0.6) is 0 Å². The van der Waals surface area contributed by atoms with Crippen molar-refractivity contribution in [3.8, 4) is 0 Å². The second kappa shape index (κ2) is 5.63. The second-order valence-electron chi connectivity index (χ2n) is 3.76. The summed E-state index contributed by atoms with van der Waals surface area (Å²) < 4.78 is 13.5. The summed E-state index contributed by atoms with van der Waals surface area (Å²) in [5, 5.41) is -0.815. The van der Waals surface area contributed by atoms with Gasteiger partial charge in [0.2, 0.25) is 0 Å². The largest absolute Gasteiger partial charge is 0.292 e. The van der Waals surface area contributed by atoms with E-state index in [0.29, 0.717) is 15.6 Å². The minimum atomic E-state index is -0.815. The van der Waals surface area contributed by atoms with Gasteiger partial charge in [0.15, 0.2) is 5.78 Å². The molecular formula is C14H9BrClFO. The standard InChI is InChI=1S/C14H9BrClFO/c15-12-4-2-1-3-11(12)14(18)13(16)9-5-7-10(17)8-6-9/h1-8,13H. The highest BCUT2D eigenvalue weighted by Crippen LogP contribution is 2.28. The second-order valence-corrected chi connectivity index (χ2v) is 5.05. The van der Waals surface area contributed by atoms with Crippen LogP contribution in [0.2, 0.25) is 0 Å². The van der Waals surface area contributed by atoms with Crippen molar-refractivity contribution in [2.24, 2.45) is 0 Å². The molecule has 0 bridgehead atoms. The van der Waals surface area contributed by atoms with Crippen molar-refractivity contribution in [2.75, 3.05) is 0 Å². The van der Waals surface area contributed by atoms with Crippen LogP contribution < -0.4 is 0 Å². The average molecular weight is 328 g/mol. The fourth-order valence-corrected chi connectivity index (χ4v) is 2.32. The molecule has 0 fully saturated rings. The van der Waals surface area contributed by atoms with E-state index in [9.17, 15) is 9.18 Å². The van der Waals surface area contributed by atoms with Crippen molar-refractivity contribution in [1.82, 2.24) is 0 Å². The number of carbonyl (C=O) groups is 1. The van der Waals surface area contributed by atoms with Crippen LogP contribution in [0, 0.1) is 5.82 Å². The Balaban J connectivity index is 2.29. The molecule has 0 aromatic heterocycles. The Hall–Kier alpha value is -1.19. The highest BCUT2D eigenvalue weighted by Gasteiger charge is 2.21. The zero-order valence-electron chi connectivity index (χ0n) is 9.24. The van der Waals surface area contributed by atoms with Crippen molar-refractivity contribution in [3.63, 3.8) is 0 Å². The maximum absolute atomic E-state index is 12.8. The quantitative estimate of drug-likeness (QED) is 0.587. The molecule has 1 nitrogen and oxygen atoms in total. The number of alkyl halides is 1. The maximum atomic E-state index is 12.8. The molecule has 0 amide bonds. The molecule has 4 heteroatoms. The Bertz CT molecular complexity index is 568. The van der Waals surface area contributed by atoms with Crippen molar-refractivity contribution in [1.29, 1.82) is 0 Å². The Morgan fingerprint density at radius 2 is 1.72 bits per heavy atom.